The van der Waals surface area contributed by atoms with Crippen molar-refractivity contribution in [2.45, 2.75) is 25.9 Å². The molecule has 1 aliphatic rings. The van der Waals surface area contributed by atoms with E-state index in [4.69, 9.17) is 4.74 Å². The Labute approximate surface area is 98.0 Å². The molecule has 1 atom stereocenters. The Morgan fingerprint density at radius 3 is 2.88 bits per heavy atom. The molecule has 1 N–H and O–H groups in total. The minimum absolute atomic E-state index is 0.749. The zero-order valence-corrected chi connectivity index (χ0v) is 9.82. The first-order chi connectivity index (χ1) is 7.95. The summed E-state index contributed by atoms with van der Waals surface area (Å²) in [6.45, 7) is 4.00. The summed E-state index contributed by atoms with van der Waals surface area (Å²) in [5, 5.41) is 3.43. The van der Waals surface area contributed by atoms with Crippen molar-refractivity contribution in [3.8, 4) is 0 Å². The summed E-state index contributed by atoms with van der Waals surface area (Å²) < 4.78 is 5.79. The van der Waals surface area contributed by atoms with Crippen molar-refractivity contribution in [3.05, 3.63) is 35.9 Å². The van der Waals surface area contributed by atoms with Gasteiger partial charge in [-0.05, 0) is 43.8 Å². The molecule has 2 heteroatoms. The largest absolute Gasteiger partial charge is 0.376 e. The number of ether oxygens (including phenoxy) is 1. The van der Waals surface area contributed by atoms with Crippen molar-refractivity contribution in [2.24, 2.45) is 5.92 Å². The van der Waals surface area contributed by atoms with E-state index < -0.39 is 0 Å². The highest BCUT2D eigenvalue weighted by molar-refractivity contribution is 5.13. The molecule has 0 radical (unpaired) electrons. The summed E-state index contributed by atoms with van der Waals surface area (Å²) in [7, 11) is 0. The van der Waals surface area contributed by atoms with E-state index in [0.717, 1.165) is 25.7 Å². The molecule has 2 rings (SSSR count). The summed E-state index contributed by atoms with van der Waals surface area (Å²) in [6, 6.07) is 10.4. The molecule has 16 heavy (non-hydrogen) atoms. The van der Waals surface area contributed by atoms with Gasteiger partial charge in [-0.3, -0.25) is 0 Å². The standard InChI is InChI=1S/C14H21NO/c1-2-5-13(6-3-1)11-16-12-14-7-4-9-15-10-8-14/h1-3,5-6,14-15H,4,7-12H2. The minimum atomic E-state index is 0.749. The molecule has 1 fully saturated rings. The van der Waals surface area contributed by atoms with Crippen molar-refractivity contribution in [2.75, 3.05) is 19.7 Å². The van der Waals surface area contributed by atoms with Gasteiger partial charge in [-0.1, -0.05) is 30.3 Å². The van der Waals surface area contributed by atoms with Crippen molar-refractivity contribution in [3.63, 3.8) is 0 Å². The molecular formula is C14H21NO. The average Bonchev–Trinajstić information content (AvgIpc) is 2.59. The van der Waals surface area contributed by atoms with Gasteiger partial charge in [0.1, 0.15) is 0 Å². The van der Waals surface area contributed by atoms with Gasteiger partial charge in [0.2, 0.25) is 0 Å². The minimum Gasteiger partial charge on any atom is -0.376 e. The average molecular weight is 219 g/mol. The lowest BCUT2D eigenvalue weighted by atomic mass is 10.0. The van der Waals surface area contributed by atoms with Gasteiger partial charge < -0.3 is 10.1 Å². The van der Waals surface area contributed by atoms with Crippen LogP contribution in [0.5, 0.6) is 0 Å². The molecule has 2 nitrogen and oxygen atoms in total. The van der Waals surface area contributed by atoms with Gasteiger partial charge in [-0.15, -0.1) is 0 Å². The van der Waals surface area contributed by atoms with Crippen LogP contribution in [0.4, 0.5) is 0 Å². The lowest BCUT2D eigenvalue weighted by Gasteiger charge is -2.13. The van der Waals surface area contributed by atoms with Crippen LogP contribution in [0.3, 0.4) is 0 Å². The Balaban J connectivity index is 1.67. The first-order valence-corrected chi connectivity index (χ1v) is 6.27. The fourth-order valence-electron chi connectivity index (χ4n) is 2.18. The summed E-state index contributed by atoms with van der Waals surface area (Å²) >= 11 is 0. The first-order valence-electron chi connectivity index (χ1n) is 6.27. The fourth-order valence-corrected chi connectivity index (χ4v) is 2.18. The van der Waals surface area contributed by atoms with E-state index in [1.807, 2.05) is 6.07 Å². The second kappa shape index (κ2) is 6.66. The maximum absolute atomic E-state index is 5.79. The molecule has 1 aromatic rings. The number of nitrogens with one attached hydrogen (secondary N) is 1. The highest BCUT2D eigenvalue weighted by atomic mass is 16.5. The second-order valence-electron chi connectivity index (χ2n) is 4.55. The smallest absolute Gasteiger partial charge is 0.0717 e. The Bertz CT molecular complexity index is 278. The zero-order valence-electron chi connectivity index (χ0n) is 9.82. The van der Waals surface area contributed by atoms with Crippen molar-refractivity contribution in [1.82, 2.24) is 5.32 Å². The maximum Gasteiger partial charge on any atom is 0.0717 e. The van der Waals surface area contributed by atoms with Crippen LogP contribution in [-0.4, -0.2) is 19.7 Å². The Hall–Kier alpha value is -0.860. The van der Waals surface area contributed by atoms with Crippen molar-refractivity contribution >= 4 is 0 Å². The van der Waals surface area contributed by atoms with E-state index in [-0.39, 0.29) is 0 Å². The molecule has 0 bridgehead atoms. The van der Waals surface area contributed by atoms with E-state index in [1.54, 1.807) is 0 Å². The number of benzene rings is 1. The third-order valence-corrected chi connectivity index (χ3v) is 3.16. The van der Waals surface area contributed by atoms with Crippen LogP contribution in [-0.2, 0) is 11.3 Å². The molecule has 1 aromatic carbocycles. The molecule has 0 saturated carbocycles. The molecule has 0 aromatic heterocycles. The van der Waals surface area contributed by atoms with Gasteiger partial charge in [0.25, 0.3) is 0 Å². The molecule has 1 heterocycles. The van der Waals surface area contributed by atoms with Gasteiger partial charge >= 0.3 is 0 Å². The van der Waals surface area contributed by atoms with E-state index in [9.17, 15) is 0 Å². The predicted octanol–water partition coefficient (Wildman–Crippen LogP) is 2.59. The molecule has 1 aliphatic heterocycles. The van der Waals surface area contributed by atoms with Gasteiger partial charge in [0.05, 0.1) is 6.61 Å². The van der Waals surface area contributed by atoms with Crippen LogP contribution in [0.2, 0.25) is 0 Å². The van der Waals surface area contributed by atoms with Gasteiger partial charge in [0.15, 0.2) is 0 Å². The van der Waals surface area contributed by atoms with Crippen LogP contribution >= 0.6 is 0 Å². The number of hydrogen-bond donors (Lipinski definition) is 1. The summed E-state index contributed by atoms with van der Waals surface area (Å²) in [5.74, 6) is 0.749. The second-order valence-corrected chi connectivity index (χ2v) is 4.55. The summed E-state index contributed by atoms with van der Waals surface area (Å²) in [5.41, 5.74) is 1.27. The van der Waals surface area contributed by atoms with Crippen LogP contribution in [0.25, 0.3) is 0 Å². The van der Waals surface area contributed by atoms with E-state index >= 15 is 0 Å². The molecule has 1 unspecified atom stereocenters. The predicted molar refractivity (Wildman–Crippen MR) is 66.3 cm³/mol. The highest BCUT2D eigenvalue weighted by Gasteiger charge is 2.11. The quantitative estimate of drug-likeness (QED) is 0.840. The SMILES string of the molecule is c1ccc(COCC2CCCNCC2)cc1. The highest BCUT2D eigenvalue weighted by Crippen LogP contribution is 2.14. The lowest BCUT2D eigenvalue weighted by Crippen LogP contribution is -2.15. The van der Waals surface area contributed by atoms with Crippen LogP contribution in [0.1, 0.15) is 24.8 Å². The summed E-state index contributed by atoms with van der Waals surface area (Å²) in [6.07, 6.45) is 3.86. The van der Waals surface area contributed by atoms with E-state index in [0.29, 0.717) is 0 Å². The monoisotopic (exact) mass is 219 g/mol. The molecule has 0 spiro atoms. The van der Waals surface area contributed by atoms with Crippen LogP contribution < -0.4 is 5.32 Å². The third kappa shape index (κ3) is 3.95. The third-order valence-electron chi connectivity index (χ3n) is 3.16. The molecule has 1 saturated heterocycles. The Kier molecular flexibility index (Phi) is 4.84. The van der Waals surface area contributed by atoms with Gasteiger partial charge in [-0.25, -0.2) is 0 Å². The van der Waals surface area contributed by atoms with Gasteiger partial charge in [-0.2, -0.15) is 0 Å². The van der Waals surface area contributed by atoms with E-state index in [1.165, 1.54) is 31.4 Å². The maximum atomic E-state index is 5.79. The molecule has 88 valence electrons. The topological polar surface area (TPSA) is 21.3 Å². The van der Waals surface area contributed by atoms with Gasteiger partial charge in [0, 0.05) is 6.61 Å². The van der Waals surface area contributed by atoms with Crippen LogP contribution in [0, 0.1) is 5.92 Å². The van der Waals surface area contributed by atoms with Crippen molar-refractivity contribution in [1.29, 1.82) is 0 Å². The lowest BCUT2D eigenvalue weighted by molar-refractivity contribution is 0.0829. The fraction of sp³-hybridized carbons (Fsp3) is 0.571. The number of rotatable bonds is 4. The first kappa shape index (κ1) is 11.6. The number of hydrogen-bond acceptors (Lipinski definition) is 2. The van der Waals surface area contributed by atoms with Crippen molar-refractivity contribution < 1.29 is 4.74 Å². The molecule has 0 aliphatic carbocycles. The Morgan fingerprint density at radius 1 is 1.12 bits per heavy atom. The normalized spacial score (nSPS) is 21.6. The Morgan fingerprint density at radius 2 is 2.00 bits per heavy atom. The molecule has 0 amide bonds. The summed E-state index contributed by atoms with van der Waals surface area (Å²) in [4.78, 5) is 0. The zero-order chi connectivity index (χ0) is 11.1. The van der Waals surface area contributed by atoms with Crippen LogP contribution in [0.15, 0.2) is 30.3 Å². The molecular weight excluding hydrogens is 198 g/mol. The van der Waals surface area contributed by atoms with E-state index in [2.05, 4.69) is 29.6 Å².